The minimum absolute atomic E-state index is 0.0545. The van der Waals surface area contributed by atoms with Crippen molar-refractivity contribution < 1.29 is 14.7 Å². The average Bonchev–Trinajstić information content (AvgIpc) is 2.45. The number of rotatable bonds is 4. The fraction of sp³-hybridized carbons (Fsp3) is 0.500. The maximum absolute atomic E-state index is 11.4. The summed E-state index contributed by atoms with van der Waals surface area (Å²) in [6.45, 7) is 5.31. The molecule has 1 aromatic heterocycles. The molecule has 1 aromatic rings. The zero-order valence-electron chi connectivity index (χ0n) is 9.40. The molecule has 0 atom stereocenters. The number of nitrogens with one attached hydrogen (secondary N) is 1. The summed E-state index contributed by atoms with van der Waals surface area (Å²) in [5.41, 5.74) is 0.659. The van der Waals surface area contributed by atoms with Gasteiger partial charge in [0.1, 0.15) is 0 Å². The molecule has 0 spiro atoms. The predicted molar refractivity (Wildman–Crippen MR) is 61.7 cm³/mol. The van der Waals surface area contributed by atoms with Gasteiger partial charge >= 0.3 is 5.97 Å². The summed E-state index contributed by atoms with van der Waals surface area (Å²) in [4.78, 5) is 26.7. The van der Waals surface area contributed by atoms with E-state index >= 15 is 0 Å². The van der Waals surface area contributed by atoms with Crippen molar-refractivity contribution in [1.82, 2.24) is 4.98 Å². The number of carbonyl (C=O) groups excluding carboxylic acids is 1. The summed E-state index contributed by atoms with van der Waals surface area (Å²) in [5, 5.41) is 11.8. The lowest BCUT2D eigenvalue weighted by Crippen LogP contribution is -2.17. The zero-order chi connectivity index (χ0) is 12.3. The Bertz CT molecular complexity index is 412. The zero-order valence-corrected chi connectivity index (χ0v) is 10.2. The van der Waals surface area contributed by atoms with Crippen LogP contribution in [-0.4, -0.2) is 22.0 Å². The first-order valence-electron chi connectivity index (χ1n) is 4.89. The van der Waals surface area contributed by atoms with Gasteiger partial charge in [-0.3, -0.25) is 9.59 Å². The molecule has 0 aliphatic carbocycles. The molecule has 88 valence electrons. The summed E-state index contributed by atoms with van der Waals surface area (Å²) in [7, 11) is 0. The Kier molecular flexibility index (Phi) is 4.00. The van der Waals surface area contributed by atoms with Gasteiger partial charge in [0.2, 0.25) is 5.91 Å². The quantitative estimate of drug-likeness (QED) is 0.841. The van der Waals surface area contributed by atoms with Crippen LogP contribution in [-0.2, 0) is 16.0 Å². The van der Waals surface area contributed by atoms with Crippen LogP contribution in [0, 0.1) is 12.8 Å². The fourth-order valence-electron chi connectivity index (χ4n) is 1.03. The first-order chi connectivity index (χ1) is 7.40. The fourth-order valence-corrected chi connectivity index (χ4v) is 1.99. The number of carbonyl (C=O) groups is 2. The number of carboxylic acid groups (broad SMARTS) is 1. The van der Waals surface area contributed by atoms with E-state index < -0.39 is 5.97 Å². The van der Waals surface area contributed by atoms with Gasteiger partial charge in [0.15, 0.2) is 5.13 Å². The molecule has 0 saturated carbocycles. The third kappa shape index (κ3) is 3.30. The lowest BCUT2D eigenvalue weighted by atomic mass is 10.2. The first-order valence-corrected chi connectivity index (χ1v) is 5.70. The maximum Gasteiger partial charge on any atom is 0.308 e. The van der Waals surface area contributed by atoms with Crippen molar-refractivity contribution in [2.24, 2.45) is 5.92 Å². The Morgan fingerprint density at radius 1 is 1.50 bits per heavy atom. The van der Waals surface area contributed by atoms with E-state index in [1.165, 1.54) is 11.3 Å². The van der Waals surface area contributed by atoms with Crippen molar-refractivity contribution >= 4 is 28.3 Å². The highest BCUT2D eigenvalue weighted by atomic mass is 32.1. The van der Waals surface area contributed by atoms with E-state index in [0.717, 1.165) is 0 Å². The van der Waals surface area contributed by atoms with Crippen LogP contribution in [0.25, 0.3) is 0 Å². The van der Waals surface area contributed by atoms with Crippen molar-refractivity contribution in [2.75, 3.05) is 5.32 Å². The molecule has 6 heteroatoms. The summed E-state index contributed by atoms with van der Waals surface area (Å²) >= 11 is 1.21. The summed E-state index contributed by atoms with van der Waals surface area (Å²) in [6, 6.07) is 0. The topological polar surface area (TPSA) is 79.3 Å². The van der Waals surface area contributed by atoms with Crippen LogP contribution in [0.3, 0.4) is 0 Å². The van der Waals surface area contributed by atoms with Gasteiger partial charge in [0.25, 0.3) is 0 Å². The van der Waals surface area contributed by atoms with Crippen LogP contribution >= 0.6 is 11.3 Å². The van der Waals surface area contributed by atoms with E-state index in [4.69, 9.17) is 5.11 Å². The highest BCUT2D eigenvalue weighted by molar-refractivity contribution is 7.16. The Hall–Kier alpha value is -1.43. The van der Waals surface area contributed by atoms with Gasteiger partial charge in [-0.2, -0.15) is 0 Å². The third-order valence-electron chi connectivity index (χ3n) is 1.96. The number of aryl methyl sites for hydroxylation is 1. The van der Waals surface area contributed by atoms with Gasteiger partial charge in [0, 0.05) is 10.8 Å². The highest BCUT2D eigenvalue weighted by Gasteiger charge is 2.14. The smallest absolute Gasteiger partial charge is 0.308 e. The van der Waals surface area contributed by atoms with Gasteiger partial charge in [-0.25, -0.2) is 4.98 Å². The number of aromatic nitrogens is 1. The number of nitrogens with zero attached hydrogens (tertiary/aromatic N) is 1. The second-order valence-corrected chi connectivity index (χ2v) is 4.83. The monoisotopic (exact) mass is 242 g/mol. The van der Waals surface area contributed by atoms with Crippen molar-refractivity contribution in [2.45, 2.75) is 27.2 Å². The minimum Gasteiger partial charge on any atom is -0.481 e. The predicted octanol–water partition coefficient (Wildman–Crippen LogP) is 1.67. The van der Waals surface area contributed by atoms with Gasteiger partial charge in [-0.05, 0) is 6.92 Å². The minimum atomic E-state index is -0.895. The molecule has 0 aliphatic heterocycles. The maximum atomic E-state index is 11.4. The van der Waals surface area contributed by atoms with E-state index in [2.05, 4.69) is 10.3 Å². The summed E-state index contributed by atoms with van der Waals surface area (Å²) in [5.74, 6) is -1.13. The van der Waals surface area contributed by atoms with Gasteiger partial charge < -0.3 is 10.4 Å². The van der Waals surface area contributed by atoms with Gasteiger partial charge in [0.05, 0.1) is 12.1 Å². The number of thiazole rings is 1. The molecular weight excluding hydrogens is 228 g/mol. The molecule has 1 amide bonds. The van der Waals surface area contributed by atoms with E-state index in [-0.39, 0.29) is 18.2 Å². The number of anilines is 1. The summed E-state index contributed by atoms with van der Waals surface area (Å²) in [6.07, 6.45) is -0.0545. The number of amides is 1. The van der Waals surface area contributed by atoms with Crippen LogP contribution in [0.1, 0.15) is 24.4 Å². The number of hydrogen-bond donors (Lipinski definition) is 2. The molecule has 16 heavy (non-hydrogen) atoms. The Labute approximate surface area is 97.5 Å². The van der Waals surface area contributed by atoms with E-state index in [1.54, 1.807) is 20.8 Å². The Balaban J connectivity index is 2.76. The molecule has 1 heterocycles. The SMILES string of the molecule is Cc1nc(NC(=O)C(C)C)sc1CC(=O)O. The Morgan fingerprint density at radius 3 is 2.62 bits per heavy atom. The van der Waals surface area contributed by atoms with Gasteiger partial charge in [-0.1, -0.05) is 13.8 Å². The lowest BCUT2D eigenvalue weighted by molar-refractivity contribution is -0.136. The van der Waals surface area contributed by atoms with Gasteiger partial charge in [-0.15, -0.1) is 11.3 Å². The standard InChI is InChI=1S/C10H14N2O3S/c1-5(2)9(15)12-10-11-6(3)7(16-10)4-8(13)14/h5H,4H2,1-3H3,(H,13,14)(H,11,12,15). The molecule has 0 fully saturated rings. The van der Waals surface area contributed by atoms with Crippen LogP contribution in [0.5, 0.6) is 0 Å². The Morgan fingerprint density at radius 2 is 2.12 bits per heavy atom. The second kappa shape index (κ2) is 5.07. The summed E-state index contributed by atoms with van der Waals surface area (Å²) < 4.78 is 0. The van der Waals surface area contributed by atoms with E-state index in [9.17, 15) is 9.59 Å². The van der Waals surface area contributed by atoms with Crippen molar-refractivity contribution in [3.63, 3.8) is 0 Å². The van der Waals surface area contributed by atoms with Crippen molar-refractivity contribution in [3.8, 4) is 0 Å². The van der Waals surface area contributed by atoms with Crippen molar-refractivity contribution in [3.05, 3.63) is 10.6 Å². The second-order valence-electron chi connectivity index (χ2n) is 3.74. The number of carboxylic acids is 1. The average molecular weight is 242 g/mol. The molecule has 2 N–H and O–H groups in total. The number of hydrogen-bond acceptors (Lipinski definition) is 4. The highest BCUT2D eigenvalue weighted by Crippen LogP contribution is 2.23. The first kappa shape index (κ1) is 12.6. The normalized spacial score (nSPS) is 10.5. The molecule has 1 rings (SSSR count). The van der Waals surface area contributed by atoms with Crippen LogP contribution < -0.4 is 5.32 Å². The molecule has 5 nitrogen and oxygen atoms in total. The number of aliphatic carboxylic acids is 1. The van der Waals surface area contributed by atoms with E-state index in [0.29, 0.717) is 15.7 Å². The molecule has 0 radical (unpaired) electrons. The molecule has 0 aromatic carbocycles. The van der Waals surface area contributed by atoms with Crippen LogP contribution in [0.2, 0.25) is 0 Å². The third-order valence-corrected chi connectivity index (χ3v) is 3.03. The molecule has 0 unspecified atom stereocenters. The van der Waals surface area contributed by atoms with Crippen LogP contribution in [0.4, 0.5) is 5.13 Å². The lowest BCUT2D eigenvalue weighted by Gasteiger charge is -2.02. The molecule has 0 bridgehead atoms. The molecule has 0 aliphatic rings. The van der Waals surface area contributed by atoms with Crippen LogP contribution in [0.15, 0.2) is 0 Å². The molecule has 0 saturated heterocycles. The molecular formula is C10H14N2O3S. The largest absolute Gasteiger partial charge is 0.481 e. The van der Waals surface area contributed by atoms with E-state index in [1.807, 2.05) is 0 Å². The van der Waals surface area contributed by atoms with Crippen molar-refractivity contribution in [1.29, 1.82) is 0 Å².